The molecule has 0 aliphatic heterocycles. The minimum absolute atomic E-state index is 0. The molecule has 0 fully saturated rings. The van der Waals surface area contributed by atoms with E-state index in [1.165, 1.54) is 23.5 Å². The minimum atomic E-state index is -0.414. The molecular weight excluding hydrogens is 322 g/mol. The molecule has 1 heterocycles. The van der Waals surface area contributed by atoms with Gasteiger partial charge < -0.3 is 5.73 Å². The summed E-state index contributed by atoms with van der Waals surface area (Å²) in [6, 6.07) is 14.2. The molecule has 5 nitrogen and oxygen atoms in total. The molecule has 112 valence electrons. The fourth-order valence-electron chi connectivity index (χ4n) is 2.21. The Morgan fingerprint density at radius 2 is 1.86 bits per heavy atom. The van der Waals surface area contributed by atoms with Crippen LogP contribution in [0, 0.1) is 15.5 Å². The van der Waals surface area contributed by atoms with Crippen LogP contribution in [0.1, 0.15) is 4.88 Å². The third-order valence-electron chi connectivity index (χ3n) is 3.22. The molecule has 3 aromatic rings. The number of nitrogens with two attached hydrogens (primary N) is 1. The fourth-order valence-corrected chi connectivity index (χ4v) is 3.16. The van der Waals surface area contributed by atoms with Crippen molar-refractivity contribution in [3.05, 3.63) is 63.5 Å². The molecule has 0 radical (unpaired) electrons. The van der Waals surface area contributed by atoms with Gasteiger partial charge in [-0.25, -0.2) is 0 Å². The molecule has 1 aromatic heterocycles. The Labute approximate surface area is 136 Å². The second kappa shape index (κ2) is 6.13. The van der Waals surface area contributed by atoms with Gasteiger partial charge in [-0.2, -0.15) is 0 Å². The quantitative estimate of drug-likeness (QED) is 0.326. The van der Waals surface area contributed by atoms with Crippen molar-refractivity contribution in [1.29, 1.82) is 5.41 Å². The van der Waals surface area contributed by atoms with E-state index in [-0.39, 0.29) is 23.9 Å². The van der Waals surface area contributed by atoms with Gasteiger partial charge in [0.2, 0.25) is 0 Å². The Balaban J connectivity index is 0.00000176. The van der Waals surface area contributed by atoms with Gasteiger partial charge in [0, 0.05) is 22.2 Å². The van der Waals surface area contributed by atoms with Gasteiger partial charge in [0.1, 0.15) is 5.84 Å². The van der Waals surface area contributed by atoms with Crippen molar-refractivity contribution in [3.63, 3.8) is 0 Å². The van der Waals surface area contributed by atoms with E-state index in [1.807, 2.05) is 24.3 Å². The molecule has 0 spiro atoms. The topological polar surface area (TPSA) is 93.0 Å². The number of hydrogen-bond donors (Lipinski definition) is 2. The first-order chi connectivity index (χ1) is 10.1. The molecule has 2 aromatic carbocycles. The largest absolute Gasteiger partial charge is 0.383 e. The number of nitro benzene ring substituents is 1. The van der Waals surface area contributed by atoms with Gasteiger partial charge in [-0.15, -0.1) is 23.7 Å². The van der Waals surface area contributed by atoms with Crippen LogP contribution in [0.3, 0.4) is 0 Å². The summed E-state index contributed by atoms with van der Waals surface area (Å²) >= 11 is 1.46. The monoisotopic (exact) mass is 333 g/mol. The molecule has 0 bridgehead atoms. The van der Waals surface area contributed by atoms with Crippen LogP contribution < -0.4 is 5.73 Å². The van der Waals surface area contributed by atoms with E-state index in [0.717, 1.165) is 26.1 Å². The average molecular weight is 334 g/mol. The summed E-state index contributed by atoms with van der Waals surface area (Å²) in [5.74, 6) is 0.0471. The fraction of sp³-hybridized carbons (Fsp3) is 0. The predicted octanol–water partition coefficient (Wildman–Crippen LogP) is 4.18. The summed E-state index contributed by atoms with van der Waals surface area (Å²) in [7, 11) is 0. The summed E-state index contributed by atoms with van der Waals surface area (Å²) in [5, 5.41) is 19.2. The number of amidine groups is 1. The van der Waals surface area contributed by atoms with Crippen molar-refractivity contribution in [2.75, 3.05) is 0 Å². The van der Waals surface area contributed by atoms with Gasteiger partial charge in [-0.1, -0.05) is 12.1 Å². The van der Waals surface area contributed by atoms with Crippen LogP contribution in [0.5, 0.6) is 0 Å². The zero-order valence-electron chi connectivity index (χ0n) is 11.3. The highest BCUT2D eigenvalue weighted by molar-refractivity contribution is 7.20. The first kappa shape index (κ1) is 15.9. The maximum Gasteiger partial charge on any atom is 0.269 e. The van der Waals surface area contributed by atoms with Crippen LogP contribution in [0.2, 0.25) is 0 Å². The van der Waals surface area contributed by atoms with Gasteiger partial charge >= 0.3 is 0 Å². The number of halogens is 1. The van der Waals surface area contributed by atoms with Gasteiger partial charge in [0.25, 0.3) is 5.69 Å². The molecule has 0 saturated carbocycles. The Morgan fingerprint density at radius 1 is 1.18 bits per heavy atom. The second-order valence-electron chi connectivity index (χ2n) is 4.55. The number of hydrogen-bond acceptors (Lipinski definition) is 4. The first-order valence-corrected chi connectivity index (χ1v) is 6.99. The molecule has 3 rings (SSSR count). The van der Waals surface area contributed by atoms with Crippen molar-refractivity contribution in [1.82, 2.24) is 0 Å². The number of non-ortho nitro benzene ring substituents is 1. The highest BCUT2D eigenvalue weighted by atomic mass is 35.5. The van der Waals surface area contributed by atoms with Gasteiger partial charge in [0.15, 0.2) is 0 Å². The molecule has 0 amide bonds. The number of nitrogens with zero attached hydrogens (tertiary/aromatic N) is 1. The van der Waals surface area contributed by atoms with Crippen LogP contribution >= 0.6 is 23.7 Å². The Kier molecular flexibility index (Phi) is 4.44. The lowest BCUT2D eigenvalue weighted by atomic mass is 10.0. The van der Waals surface area contributed by atoms with Gasteiger partial charge in [-0.3, -0.25) is 15.5 Å². The number of nitrogen functional groups attached to an aromatic ring is 1. The first-order valence-electron chi connectivity index (χ1n) is 6.18. The number of fused-ring (bicyclic) bond motifs is 1. The lowest BCUT2D eigenvalue weighted by Crippen LogP contribution is -2.08. The lowest BCUT2D eigenvalue weighted by Gasteiger charge is -2.03. The van der Waals surface area contributed by atoms with Crippen molar-refractivity contribution < 1.29 is 4.92 Å². The summed E-state index contributed by atoms with van der Waals surface area (Å²) in [5.41, 5.74) is 7.49. The summed E-state index contributed by atoms with van der Waals surface area (Å²) in [6.45, 7) is 0. The lowest BCUT2D eigenvalue weighted by molar-refractivity contribution is -0.384. The van der Waals surface area contributed by atoms with E-state index >= 15 is 0 Å². The van der Waals surface area contributed by atoms with E-state index in [4.69, 9.17) is 11.1 Å². The molecule has 0 aliphatic carbocycles. The number of rotatable bonds is 3. The highest BCUT2D eigenvalue weighted by Crippen LogP contribution is 2.34. The SMILES string of the molecule is Cl.N=C(N)c1cc2c(-c3ccc([N+](=O)[O-])cc3)cccc2s1. The van der Waals surface area contributed by atoms with Crippen LogP contribution in [-0.2, 0) is 0 Å². The number of benzene rings is 2. The third-order valence-corrected chi connectivity index (χ3v) is 4.35. The molecule has 22 heavy (non-hydrogen) atoms. The van der Waals surface area contributed by atoms with Crippen molar-refractivity contribution >= 4 is 45.4 Å². The smallest absolute Gasteiger partial charge is 0.269 e. The standard InChI is InChI=1S/C15H11N3O2S.ClH/c16-15(17)14-8-12-11(2-1-3-13(12)21-14)9-4-6-10(7-5-9)18(19)20;/h1-8H,(H3,16,17);1H. The van der Waals surface area contributed by atoms with Crippen LogP contribution in [0.25, 0.3) is 21.2 Å². The van der Waals surface area contributed by atoms with Crippen molar-refractivity contribution in [2.45, 2.75) is 0 Å². The van der Waals surface area contributed by atoms with Crippen LogP contribution in [0.4, 0.5) is 5.69 Å². The van der Waals surface area contributed by atoms with Crippen LogP contribution in [0.15, 0.2) is 48.5 Å². The second-order valence-corrected chi connectivity index (χ2v) is 5.63. The number of thiophene rings is 1. The van der Waals surface area contributed by atoms with E-state index in [9.17, 15) is 10.1 Å². The molecule has 0 aliphatic rings. The Morgan fingerprint density at radius 3 is 2.45 bits per heavy atom. The summed E-state index contributed by atoms with van der Waals surface area (Å²) in [6.07, 6.45) is 0. The summed E-state index contributed by atoms with van der Waals surface area (Å²) in [4.78, 5) is 11.0. The highest BCUT2D eigenvalue weighted by Gasteiger charge is 2.11. The molecule has 0 atom stereocenters. The van der Waals surface area contributed by atoms with E-state index < -0.39 is 4.92 Å². The third kappa shape index (κ3) is 2.79. The minimum Gasteiger partial charge on any atom is -0.383 e. The molecule has 0 saturated heterocycles. The Bertz CT molecular complexity index is 859. The number of nitrogens with one attached hydrogen (secondary N) is 1. The zero-order valence-corrected chi connectivity index (χ0v) is 12.9. The molecule has 7 heteroatoms. The van der Waals surface area contributed by atoms with Gasteiger partial charge in [0.05, 0.1) is 9.80 Å². The maximum absolute atomic E-state index is 10.7. The number of nitro groups is 1. The Hall–Kier alpha value is -2.44. The molecule has 3 N–H and O–H groups in total. The molecule has 0 unspecified atom stereocenters. The summed E-state index contributed by atoms with van der Waals surface area (Å²) < 4.78 is 1.04. The normalized spacial score (nSPS) is 10.2. The van der Waals surface area contributed by atoms with E-state index in [0.29, 0.717) is 0 Å². The molecular formula is C15H12ClN3O2S. The van der Waals surface area contributed by atoms with Crippen molar-refractivity contribution in [2.24, 2.45) is 5.73 Å². The zero-order chi connectivity index (χ0) is 15.0. The van der Waals surface area contributed by atoms with E-state index in [1.54, 1.807) is 12.1 Å². The van der Waals surface area contributed by atoms with Crippen LogP contribution in [-0.4, -0.2) is 10.8 Å². The maximum atomic E-state index is 10.7. The average Bonchev–Trinajstić information content (AvgIpc) is 2.91. The van der Waals surface area contributed by atoms with E-state index in [2.05, 4.69) is 0 Å². The predicted molar refractivity (Wildman–Crippen MR) is 92.2 cm³/mol. The van der Waals surface area contributed by atoms with Crippen molar-refractivity contribution in [3.8, 4) is 11.1 Å². The van der Waals surface area contributed by atoms with Gasteiger partial charge in [-0.05, 0) is 35.4 Å².